The van der Waals surface area contributed by atoms with Crippen LogP contribution >= 0.6 is 0 Å². The molecule has 0 amide bonds. The van der Waals surface area contributed by atoms with Gasteiger partial charge in [-0.15, -0.1) is 0 Å². The van der Waals surface area contributed by atoms with Crippen LogP contribution in [0.3, 0.4) is 0 Å². The van der Waals surface area contributed by atoms with Crippen LogP contribution in [-0.2, 0) is 6.54 Å². The lowest BCUT2D eigenvalue weighted by Crippen LogP contribution is -2.11. The fraction of sp³-hybridized carbons (Fsp3) is 0.100. The summed E-state index contributed by atoms with van der Waals surface area (Å²) < 4.78 is 5.18. The third kappa shape index (κ3) is 2.08. The van der Waals surface area contributed by atoms with Gasteiger partial charge in [0.1, 0.15) is 12.3 Å². The zero-order valence-electron chi connectivity index (χ0n) is 7.16. The molecule has 2 aromatic heterocycles. The standard InChI is InChI=1S/C10H10N2O/c1-2-6-11-10(5-1)12-8-9-4-3-7-13-9/h1-7H,8H2,(H,11,12)/p+1. The smallest absolute Gasteiger partial charge is 0.272 e. The molecular formula is C10H11N2O+. The molecule has 0 bridgehead atoms. The Morgan fingerprint density at radius 1 is 1.23 bits per heavy atom. The number of nitrogens with one attached hydrogen (secondary N) is 2. The molecule has 2 aromatic rings. The molecule has 2 N–H and O–H groups in total. The van der Waals surface area contributed by atoms with Gasteiger partial charge in [-0.2, -0.15) is 0 Å². The summed E-state index contributed by atoms with van der Waals surface area (Å²) in [5.41, 5.74) is 0. The van der Waals surface area contributed by atoms with E-state index >= 15 is 0 Å². The second-order valence-electron chi connectivity index (χ2n) is 2.71. The van der Waals surface area contributed by atoms with Crippen LogP contribution in [0.15, 0.2) is 47.2 Å². The van der Waals surface area contributed by atoms with Crippen molar-refractivity contribution in [1.29, 1.82) is 0 Å². The Bertz CT molecular complexity index is 342. The van der Waals surface area contributed by atoms with E-state index in [0.717, 1.165) is 11.6 Å². The zero-order valence-corrected chi connectivity index (χ0v) is 7.16. The van der Waals surface area contributed by atoms with E-state index in [9.17, 15) is 0 Å². The molecule has 0 saturated heterocycles. The maximum absolute atomic E-state index is 5.18. The van der Waals surface area contributed by atoms with Gasteiger partial charge >= 0.3 is 0 Å². The molecule has 3 nitrogen and oxygen atoms in total. The summed E-state index contributed by atoms with van der Waals surface area (Å²) in [4.78, 5) is 3.08. The van der Waals surface area contributed by atoms with E-state index in [4.69, 9.17) is 4.42 Å². The molecule has 0 radical (unpaired) electrons. The fourth-order valence-corrected chi connectivity index (χ4v) is 1.10. The maximum Gasteiger partial charge on any atom is 0.272 e. The molecule has 0 spiro atoms. The average Bonchev–Trinajstić information content (AvgIpc) is 2.69. The van der Waals surface area contributed by atoms with Gasteiger partial charge in [0.25, 0.3) is 5.82 Å². The highest BCUT2D eigenvalue weighted by Crippen LogP contribution is 2.02. The summed E-state index contributed by atoms with van der Waals surface area (Å²) in [6.45, 7) is 0.702. The summed E-state index contributed by atoms with van der Waals surface area (Å²) >= 11 is 0. The Labute approximate surface area is 76.4 Å². The summed E-state index contributed by atoms with van der Waals surface area (Å²) in [6, 6.07) is 9.71. The van der Waals surface area contributed by atoms with Crippen molar-refractivity contribution in [2.24, 2.45) is 0 Å². The van der Waals surface area contributed by atoms with E-state index in [1.807, 2.05) is 36.5 Å². The minimum Gasteiger partial charge on any atom is -0.465 e. The number of hydrogen-bond acceptors (Lipinski definition) is 2. The molecule has 3 heteroatoms. The van der Waals surface area contributed by atoms with Crippen molar-refractivity contribution < 1.29 is 9.40 Å². The Kier molecular flexibility index (Phi) is 2.27. The van der Waals surface area contributed by atoms with Crippen molar-refractivity contribution in [2.75, 3.05) is 5.32 Å². The van der Waals surface area contributed by atoms with Crippen LogP contribution < -0.4 is 10.3 Å². The third-order valence-corrected chi connectivity index (χ3v) is 1.74. The molecule has 0 fully saturated rings. The summed E-state index contributed by atoms with van der Waals surface area (Å²) in [5.74, 6) is 1.91. The van der Waals surface area contributed by atoms with E-state index in [0.29, 0.717) is 6.54 Å². The van der Waals surface area contributed by atoms with Gasteiger partial charge < -0.3 is 4.42 Å². The average molecular weight is 175 g/mol. The number of pyridine rings is 1. The van der Waals surface area contributed by atoms with Gasteiger partial charge in [-0.05, 0) is 18.2 Å². The van der Waals surface area contributed by atoms with Gasteiger partial charge in [0.05, 0.1) is 12.5 Å². The minimum absolute atomic E-state index is 0.702. The molecule has 0 aliphatic heterocycles. The van der Waals surface area contributed by atoms with Crippen LogP contribution in [-0.4, -0.2) is 0 Å². The quantitative estimate of drug-likeness (QED) is 0.771. The molecule has 13 heavy (non-hydrogen) atoms. The first-order valence-corrected chi connectivity index (χ1v) is 4.18. The Balaban J connectivity index is 1.94. The van der Waals surface area contributed by atoms with Crippen molar-refractivity contribution in [3.8, 4) is 0 Å². The number of aromatic amines is 1. The first-order valence-electron chi connectivity index (χ1n) is 4.18. The number of rotatable bonds is 3. The predicted octanol–water partition coefficient (Wildman–Crippen LogP) is 1.71. The van der Waals surface area contributed by atoms with Crippen LogP contribution in [0.5, 0.6) is 0 Å². The van der Waals surface area contributed by atoms with Gasteiger partial charge in [0.15, 0.2) is 0 Å². The molecular weight excluding hydrogens is 164 g/mol. The van der Waals surface area contributed by atoms with Gasteiger partial charge in [-0.3, -0.25) is 5.32 Å². The van der Waals surface area contributed by atoms with Crippen molar-refractivity contribution in [2.45, 2.75) is 6.54 Å². The lowest BCUT2D eigenvalue weighted by atomic mass is 10.4. The van der Waals surface area contributed by atoms with Crippen molar-refractivity contribution >= 4 is 5.82 Å². The second-order valence-corrected chi connectivity index (χ2v) is 2.71. The molecule has 0 saturated carbocycles. The van der Waals surface area contributed by atoms with Gasteiger partial charge in [-0.25, -0.2) is 4.98 Å². The van der Waals surface area contributed by atoms with Crippen molar-refractivity contribution in [3.63, 3.8) is 0 Å². The molecule has 2 heterocycles. The molecule has 0 aliphatic carbocycles. The third-order valence-electron chi connectivity index (χ3n) is 1.74. The van der Waals surface area contributed by atoms with Crippen LogP contribution in [0.1, 0.15) is 5.76 Å². The largest absolute Gasteiger partial charge is 0.465 e. The van der Waals surface area contributed by atoms with E-state index in [-0.39, 0.29) is 0 Å². The molecule has 66 valence electrons. The van der Waals surface area contributed by atoms with Gasteiger partial charge in [0.2, 0.25) is 0 Å². The maximum atomic E-state index is 5.18. The predicted molar refractivity (Wildman–Crippen MR) is 49.0 cm³/mol. The lowest BCUT2D eigenvalue weighted by Gasteiger charge is -1.94. The first kappa shape index (κ1) is 7.86. The molecule has 0 aromatic carbocycles. The highest BCUT2D eigenvalue weighted by atomic mass is 16.3. The van der Waals surface area contributed by atoms with E-state index in [1.54, 1.807) is 6.26 Å². The summed E-state index contributed by atoms with van der Waals surface area (Å²) in [6.07, 6.45) is 3.55. The van der Waals surface area contributed by atoms with Crippen molar-refractivity contribution in [1.82, 2.24) is 0 Å². The van der Waals surface area contributed by atoms with E-state index in [1.165, 1.54) is 0 Å². The van der Waals surface area contributed by atoms with E-state index < -0.39 is 0 Å². The zero-order chi connectivity index (χ0) is 8.93. The number of H-pyrrole nitrogens is 1. The van der Waals surface area contributed by atoms with Crippen molar-refractivity contribution in [3.05, 3.63) is 48.6 Å². The van der Waals surface area contributed by atoms with Crippen LogP contribution in [0.4, 0.5) is 5.82 Å². The highest BCUT2D eigenvalue weighted by molar-refractivity contribution is 5.27. The molecule has 0 unspecified atom stereocenters. The Morgan fingerprint density at radius 3 is 2.92 bits per heavy atom. The monoisotopic (exact) mass is 175 g/mol. The number of aromatic nitrogens is 1. The normalized spacial score (nSPS) is 9.85. The molecule has 2 rings (SSSR count). The van der Waals surface area contributed by atoms with Crippen LogP contribution in [0.25, 0.3) is 0 Å². The second kappa shape index (κ2) is 3.76. The Morgan fingerprint density at radius 2 is 2.23 bits per heavy atom. The van der Waals surface area contributed by atoms with E-state index in [2.05, 4.69) is 10.3 Å². The Hall–Kier alpha value is -1.77. The van der Waals surface area contributed by atoms with Crippen LogP contribution in [0.2, 0.25) is 0 Å². The lowest BCUT2D eigenvalue weighted by molar-refractivity contribution is -0.361. The van der Waals surface area contributed by atoms with Gasteiger partial charge in [0, 0.05) is 6.07 Å². The SMILES string of the molecule is c1ccc(NCc2ccco2)[nH+]c1. The topological polar surface area (TPSA) is 39.3 Å². The number of furan rings is 1. The van der Waals surface area contributed by atoms with Crippen LogP contribution in [0, 0.1) is 0 Å². The highest BCUT2D eigenvalue weighted by Gasteiger charge is 2.00. The first-order chi connectivity index (χ1) is 6.45. The number of anilines is 1. The minimum atomic E-state index is 0.702. The van der Waals surface area contributed by atoms with Gasteiger partial charge in [-0.1, -0.05) is 6.07 Å². The molecule has 0 atom stereocenters. The molecule has 0 aliphatic rings. The number of hydrogen-bond donors (Lipinski definition) is 1. The summed E-state index contributed by atoms with van der Waals surface area (Å²) in [5, 5.41) is 3.20. The fourth-order valence-electron chi connectivity index (χ4n) is 1.10. The summed E-state index contributed by atoms with van der Waals surface area (Å²) in [7, 11) is 0.